The zero-order valence-corrected chi connectivity index (χ0v) is 12.0. The number of nitrogens with two attached hydrogens (primary N) is 1. The van der Waals surface area contributed by atoms with E-state index in [1.807, 2.05) is 32.0 Å². The van der Waals surface area contributed by atoms with Crippen molar-refractivity contribution in [2.24, 2.45) is 5.73 Å². The van der Waals surface area contributed by atoms with Gasteiger partial charge >= 0.3 is 0 Å². The van der Waals surface area contributed by atoms with Crippen molar-refractivity contribution in [1.29, 1.82) is 0 Å². The van der Waals surface area contributed by atoms with Gasteiger partial charge in [0.05, 0.1) is 10.8 Å². The van der Waals surface area contributed by atoms with Gasteiger partial charge in [-0.1, -0.05) is 35.5 Å². The Bertz CT molecular complexity index is 544. The highest BCUT2D eigenvalue weighted by molar-refractivity contribution is 5.30. The Morgan fingerprint density at radius 1 is 1.11 bits per heavy atom. The van der Waals surface area contributed by atoms with Crippen LogP contribution in [-0.2, 0) is 10.8 Å². The summed E-state index contributed by atoms with van der Waals surface area (Å²) in [5.74, 6) is 1.28. The zero-order chi connectivity index (χ0) is 14.1. The Kier molecular flexibility index (Phi) is 3.45. The van der Waals surface area contributed by atoms with Crippen molar-refractivity contribution >= 4 is 0 Å². The normalized spacial score (nSPS) is 12.7. The Morgan fingerprint density at radius 3 is 2.32 bits per heavy atom. The molecule has 0 radical (unpaired) electrons. The first-order valence-corrected chi connectivity index (χ1v) is 6.48. The van der Waals surface area contributed by atoms with Crippen molar-refractivity contribution in [3.8, 4) is 0 Å². The van der Waals surface area contributed by atoms with Crippen LogP contribution in [0.15, 0.2) is 34.9 Å². The van der Waals surface area contributed by atoms with E-state index in [0.29, 0.717) is 18.3 Å². The van der Waals surface area contributed by atoms with Gasteiger partial charge in [-0.3, -0.25) is 0 Å². The first kappa shape index (κ1) is 13.7. The number of hydrogen-bond donors (Lipinski definition) is 1. The van der Waals surface area contributed by atoms with Crippen LogP contribution in [0.1, 0.15) is 45.0 Å². The van der Waals surface area contributed by atoms with Crippen LogP contribution >= 0.6 is 0 Å². The Hall–Kier alpha value is -1.68. The predicted molar refractivity (Wildman–Crippen MR) is 74.9 cm³/mol. The molecular formula is C15H21N3O. The van der Waals surface area contributed by atoms with Crippen LogP contribution < -0.4 is 5.73 Å². The van der Waals surface area contributed by atoms with Gasteiger partial charge in [0.1, 0.15) is 0 Å². The highest BCUT2D eigenvalue weighted by Crippen LogP contribution is 2.30. The van der Waals surface area contributed by atoms with E-state index in [0.717, 1.165) is 5.56 Å². The van der Waals surface area contributed by atoms with E-state index < -0.39 is 0 Å². The lowest BCUT2D eigenvalue weighted by Gasteiger charge is -2.21. The largest absolute Gasteiger partial charge is 0.339 e. The average molecular weight is 259 g/mol. The third kappa shape index (κ3) is 2.54. The van der Waals surface area contributed by atoms with E-state index in [1.165, 1.54) is 0 Å². The number of benzene rings is 1. The highest BCUT2D eigenvalue weighted by Gasteiger charge is 2.32. The summed E-state index contributed by atoms with van der Waals surface area (Å²) in [4.78, 5) is 4.54. The SMILES string of the molecule is CC(C)(CN)c1nc(C(C)(C)c2ccccc2)no1. The molecule has 4 heteroatoms. The van der Waals surface area contributed by atoms with Crippen molar-refractivity contribution < 1.29 is 4.52 Å². The molecular weight excluding hydrogens is 238 g/mol. The molecule has 4 nitrogen and oxygen atoms in total. The Labute approximate surface area is 114 Å². The number of aromatic nitrogens is 2. The summed E-state index contributed by atoms with van der Waals surface area (Å²) in [5.41, 5.74) is 6.32. The van der Waals surface area contributed by atoms with Crippen LogP contribution in [0.5, 0.6) is 0 Å². The maximum absolute atomic E-state index is 5.74. The second-order valence-corrected chi connectivity index (χ2v) is 6.00. The first-order chi connectivity index (χ1) is 8.88. The Morgan fingerprint density at radius 2 is 1.74 bits per heavy atom. The van der Waals surface area contributed by atoms with Crippen molar-refractivity contribution in [1.82, 2.24) is 10.1 Å². The van der Waals surface area contributed by atoms with Gasteiger partial charge in [0.2, 0.25) is 5.89 Å². The molecule has 0 unspecified atom stereocenters. The molecule has 2 aromatic rings. The van der Waals surface area contributed by atoms with Gasteiger partial charge in [-0.05, 0) is 33.3 Å². The zero-order valence-electron chi connectivity index (χ0n) is 12.0. The van der Waals surface area contributed by atoms with Gasteiger partial charge in [-0.15, -0.1) is 0 Å². The summed E-state index contributed by atoms with van der Waals surface area (Å²) in [5, 5.41) is 4.14. The second-order valence-electron chi connectivity index (χ2n) is 6.00. The van der Waals surface area contributed by atoms with Crippen molar-refractivity contribution in [3.63, 3.8) is 0 Å². The molecule has 2 N–H and O–H groups in total. The molecule has 0 amide bonds. The highest BCUT2D eigenvalue weighted by atomic mass is 16.5. The summed E-state index contributed by atoms with van der Waals surface area (Å²) >= 11 is 0. The van der Waals surface area contributed by atoms with Gasteiger partial charge in [-0.2, -0.15) is 4.98 Å². The summed E-state index contributed by atoms with van der Waals surface area (Å²) in [6.45, 7) is 8.65. The standard InChI is InChI=1S/C15H21N3O/c1-14(2,10-16)13-17-12(18-19-13)15(3,4)11-8-6-5-7-9-11/h5-9H,10,16H2,1-4H3. The lowest BCUT2D eigenvalue weighted by atomic mass is 9.84. The lowest BCUT2D eigenvalue weighted by molar-refractivity contribution is 0.307. The fourth-order valence-electron chi connectivity index (χ4n) is 1.82. The topological polar surface area (TPSA) is 64.9 Å². The molecule has 1 aromatic carbocycles. The quantitative estimate of drug-likeness (QED) is 0.916. The summed E-state index contributed by atoms with van der Waals surface area (Å²) in [6.07, 6.45) is 0. The number of hydrogen-bond acceptors (Lipinski definition) is 4. The molecule has 0 aliphatic carbocycles. The number of nitrogens with zero attached hydrogens (tertiary/aromatic N) is 2. The van der Waals surface area contributed by atoms with Crippen molar-refractivity contribution in [2.45, 2.75) is 38.5 Å². The molecule has 0 bridgehead atoms. The van der Waals surface area contributed by atoms with Crippen molar-refractivity contribution in [2.75, 3.05) is 6.54 Å². The van der Waals surface area contributed by atoms with Crippen LogP contribution in [0, 0.1) is 0 Å². The Balaban J connectivity index is 2.38. The van der Waals surface area contributed by atoms with E-state index >= 15 is 0 Å². The molecule has 1 heterocycles. The molecule has 1 aromatic heterocycles. The van der Waals surface area contributed by atoms with Gasteiger partial charge in [0.25, 0.3) is 0 Å². The predicted octanol–water partition coefficient (Wildman–Crippen LogP) is 2.63. The van der Waals surface area contributed by atoms with Crippen LogP contribution in [0.4, 0.5) is 0 Å². The summed E-state index contributed by atoms with van der Waals surface area (Å²) < 4.78 is 5.39. The maximum atomic E-state index is 5.74. The second kappa shape index (κ2) is 4.78. The number of rotatable bonds is 4. The molecule has 2 rings (SSSR count). The fourth-order valence-corrected chi connectivity index (χ4v) is 1.82. The van der Waals surface area contributed by atoms with E-state index in [1.54, 1.807) is 0 Å². The fraction of sp³-hybridized carbons (Fsp3) is 0.467. The minimum absolute atomic E-state index is 0.284. The summed E-state index contributed by atoms with van der Waals surface area (Å²) in [6, 6.07) is 10.2. The molecule has 0 spiro atoms. The van der Waals surface area contributed by atoms with Gasteiger partial charge in [0.15, 0.2) is 5.82 Å². The monoisotopic (exact) mass is 259 g/mol. The molecule has 19 heavy (non-hydrogen) atoms. The smallest absolute Gasteiger partial charge is 0.233 e. The van der Waals surface area contributed by atoms with Gasteiger partial charge < -0.3 is 10.3 Å². The van der Waals surface area contributed by atoms with Crippen LogP contribution in [0.2, 0.25) is 0 Å². The van der Waals surface area contributed by atoms with E-state index in [4.69, 9.17) is 10.3 Å². The molecule has 0 saturated carbocycles. The van der Waals surface area contributed by atoms with E-state index in [9.17, 15) is 0 Å². The molecule has 0 atom stereocenters. The molecule has 0 aliphatic rings. The molecule has 0 aliphatic heterocycles. The average Bonchev–Trinajstić information content (AvgIpc) is 2.91. The third-order valence-corrected chi connectivity index (χ3v) is 3.57. The molecule has 0 saturated heterocycles. The molecule has 0 fully saturated rings. The van der Waals surface area contributed by atoms with Gasteiger partial charge in [0, 0.05) is 6.54 Å². The van der Waals surface area contributed by atoms with E-state index in [2.05, 4.69) is 36.1 Å². The van der Waals surface area contributed by atoms with Crippen LogP contribution in [0.25, 0.3) is 0 Å². The minimum atomic E-state index is -0.294. The minimum Gasteiger partial charge on any atom is -0.339 e. The van der Waals surface area contributed by atoms with Gasteiger partial charge in [-0.25, -0.2) is 0 Å². The third-order valence-electron chi connectivity index (χ3n) is 3.57. The van der Waals surface area contributed by atoms with Crippen LogP contribution in [0.3, 0.4) is 0 Å². The molecule has 102 valence electrons. The van der Waals surface area contributed by atoms with Crippen LogP contribution in [-0.4, -0.2) is 16.7 Å². The first-order valence-electron chi connectivity index (χ1n) is 6.48. The van der Waals surface area contributed by atoms with E-state index in [-0.39, 0.29) is 10.8 Å². The lowest BCUT2D eigenvalue weighted by Crippen LogP contribution is -2.29. The van der Waals surface area contributed by atoms with Crippen molar-refractivity contribution in [3.05, 3.63) is 47.6 Å². The summed E-state index contributed by atoms with van der Waals surface area (Å²) in [7, 11) is 0. The maximum Gasteiger partial charge on any atom is 0.233 e.